The first kappa shape index (κ1) is 12.6. The molecule has 0 atom stereocenters. The van der Waals surface area contributed by atoms with Crippen LogP contribution < -0.4 is 4.74 Å². The summed E-state index contributed by atoms with van der Waals surface area (Å²) in [5.41, 5.74) is 3.67. The maximum absolute atomic E-state index is 11.5. The maximum Gasteiger partial charge on any atom is 0.178 e. The first-order valence-electron chi connectivity index (χ1n) is 6.59. The molecule has 0 saturated heterocycles. The maximum atomic E-state index is 11.5. The van der Waals surface area contributed by atoms with Gasteiger partial charge in [-0.15, -0.1) is 0 Å². The zero-order valence-corrected chi connectivity index (χ0v) is 11.3. The average Bonchev–Trinajstić information content (AvgIpc) is 2.89. The summed E-state index contributed by atoms with van der Waals surface area (Å²) >= 11 is 0. The Hall–Kier alpha value is -2.42. The highest BCUT2D eigenvalue weighted by Gasteiger charge is 2.19. The second-order valence-corrected chi connectivity index (χ2v) is 4.81. The Bertz CT molecular complexity index is 675. The van der Waals surface area contributed by atoms with Gasteiger partial charge in [-0.25, -0.2) is 0 Å². The molecule has 0 radical (unpaired) electrons. The molecule has 1 aliphatic rings. The van der Waals surface area contributed by atoms with Gasteiger partial charge in [0.15, 0.2) is 5.78 Å². The zero-order chi connectivity index (χ0) is 13.9. The van der Waals surface area contributed by atoms with Crippen LogP contribution in [0.3, 0.4) is 0 Å². The molecule has 100 valence electrons. The molecule has 3 rings (SSSR count). The van der Waals surface area contributed by atoms with Crippen molar-refractivity contribution in [2.24, 2.45) is 4.99 Å². The summed E-state index contributed by atoms with van der Waals surface area (Å²) < 4.78 is 5.78. The topological polar surface area (TPSA) is 38.7 Å². The van der Waals surface area contributed by atoms with E-state index >= 15 is 0 Å². The van der Waals surface area contributed by atoms with Gasteiger partial charge in [0.25, 0.3) is 0 Å². The van der Waals surface area contributed by atoms with Gasteiger partial charge in [-0.2, -0.15) is 0 Å². The van der Waals surface area contributed by atoms with Crippen LogP contribution in [0, 0.1) is 0 Å². The molecule has 3 heteroatoms. The highest BCUT2D eigenvalue weighted by molar-refractivity contribution is 6.46. The molecular formula is C17H15NO2. The molecular weight excluding hydrogens is 250 g/mol. The summed E-state index contributed by atoms with van der Waals surface area (Å²) in [6.45, 7) is 2.65. The minimum Gasteiger partial charge on any atom is -0.489 e. The molecule has 0 saturated carbocycles. The summed E-state index contributed by atoms with van der Waals surface area (Å²) in [6.07, 6.45) is 0. The van der Waals surface area contributed by atoms with Crippen LogP contribution in [0.1, 0.15) is 23.6 Å². The highest BCUT2D eigenvalue weighted by atomic mass is 16.5. The third kappa shape index (κ3) is 2.48. The number of Topliss-reactive ketones (excluding diaryl/α,β-unsaturated/α-hetero) is 1. The third-order valence-corrected chi connectivity index (χ3v) is 3.33. The van der Waals surface area contributed by atoms with Crippen LogP contribution in [-0.4, -0.2) is 11.5 Å². The van der Waals surface area contributed by atoms with Crippen LogP contribution in [-0.2, 0) is 17.9 Å². The minimum absolute atomic E-state index is 0.00367. The van der Waals surface area contributed by atoms with E-state index < -0.39 is 0 Å². The van der Waals surface area contributed by atoms with Gasteiger partial charge in [-0.05, 0) is 23.3 Å². The van der Waals surface area contributed by atoms with Gasteiger partial charge in [0.05, 0.1) is 6.54 Å². The molecule has 0 N–H and O–H groups in total. The SMILES string of the molecule is CC(=O)C1=NCc2ccc(OCc3ccccc3)cc21. The normalized spacial score (nSPS) is 12.8. The van der Waals surface area contributed by atoms with Crippen LogP contribution in [0.5, 0.6) is 5.75 Å². The molecule has 3 nitrogen and oxygen atoms in total. The van der Waals surface area contributed by atoms with Gasteiger partial charge in [0.1, 0.15) is 18.1 Å². The molecule has 0 bridgehead atoms. The molecule has 0 fully saturated rings. The molecule has 0 unspecified atom stereocenters. The fourth-order valence-corrected chi connectivity index (χ4v) is 2.29. The van der Waals surface area contributed by atoms with Gasteiger partial charge in [-0.1, -0.05) is 36.4 Å². The molecule has 0 aliphatic carbocycles. The quantitative estimate of drug-likeness (QED) is 0.851. The Morgan fingerprint density at radius 2 is 2.00 bits per heavy atom. The van der Waals surface area contributed by atoms with Crippen molar-refractivity contribution in [2.75, 3.05) is 0 Å². The van der Waals surface area contributed by atoms with E-state index in [4.69, 9.17) is 4.74 Å². The van der Waals surface area contributed by atoms with E-state index in [0.29, 0.717) is 18.9 Å². The summed E-state index contributed by atoms with van der Waals surface area (Å²) in [7, 11) is 0. The molecule has 0 amide bonds. The predicted octanol–water partition coefficient (Wildman–Crippen LogP) is 3.16. The molecule has 1 aliphatic heterocycles. The lowest BCUT2D eigenvalue weighted by molar-refractivity contribution is -0.111. The molecule has 2 aromatic carbocycles. The lowest BCUT2D eigenvalue weighted by Gasteiger charge is -2.08. The fourth-order valence-electron chi connectivity index (χ4n) is 2.29. The summed E-state index contributed by atoms with van der Waals surface area (Å²) in [5.74, 6) is 0.771. The number of benzene rings is 2. The monoisotopic (exact) mass is 265 g/mol. The standard InChI is InChI=1S/C17H15NO2/c1-12(19)17-16-9-15(8-7-14(16)10-18-17)20-11-13-5-3-2-4-6-13/h2-9H,10-11H2,1H3. The van der Waals surface area contributed by atoms with Crippen LogP contribution in [0.15, 0.2) is 53.5 Å². The number of ketones is 1. The molecule has 0 spiro atoms. The van der Waals surface area contributed by atoms with Crippen molar-refractivity contribution in [3.63, 3.8) is 0 Å². The fraction of sp³-hybridized carbons (Fsp3) is 0.176. The van der Waals surface area contributed by atoms with Gasteiger partial charge in [-0.3, -0.25) is 9.79 Å². The van der Waals surface area contributed by atoms with Crippen molar-refractivity contribution in [1.29, 1.82) is 0 Å². The number of carbonyl (C=O) groups is 1. The number of hydrogen-bond donors (Lipinski definition) is 0. The molecule has 1 heterocycles. The number of ether oxygens (including phenoxy) is 1. The first-order chi connectivity index (χ1) is 9.74. The van der Waals surface area contributed by atoms with E-state index in [9.17, 15) is 4.79 Å². The Labute approximate surface area is 117 Å². The third-order valence-electron chi connectivity index (χ3n) is 3.33. The second kappa shape index (κ2) is 5.29. The molecule has 20 heavy (non-hydrogen) atoms. The summed E-state index contributed by atoms with van der Waals surface area (Å²) in [4.78, 5) is 15.8. The van der Waals surface area contributed by atoms with Gasteiger partial charge in [0.2, 0.25) is 0 Å². The van der Waals surface area contributed by atoms with Crippen LogP contribution in [0.2, 0.25) is 0 Å². The Morgan fingerprint density at radius 1 is 1.20 bits per heavy atom. The van der Waals surface area contributed by atoms with E-state index in [1.807, 2.05) is 48.5 Å². The van der Waals surface area contributed by atoms with Crippen molar-refractivity contribution in [1.82, 2.24) is 0 Å². The Morgan fingerprint density at radius 3 is 2.75 bits per heavy atom. The largest absolute Gasteiger partial charge is 0.489 e. The number of carbonyl (C=O) groups excluding carboxylic acids is 1. The first-order valence-corrected chi connectivity index (χ1v) is 6.59. The van der Waals surface area contributed by atoms with Crippen molar-refractivity contribution in [3.8, 4) is 5.75 Å². The van der Waals surface area contributed by atoms with Crippen molar-refractivity contribution in [2.45, 2.75) is 20.1 Å². The van der Waals surface area contributed by atoms with Crippen molar-refractivity contribution >= 4 is 11.5 Å². The minimum atomic E-state index is 0.00367. The second-order valence-electron chi connectivity index (χ2n) is 4.81. The smallest absolute Gasteiger partial charge is 0.178 e. The zero-order valence-electron chi connectivity index (χ0n) is 11.3. The van der Waals surface area contributed by atoms with E-state index in [-0.39, 0.29) is 5.78 Å². The number of nitrogens with zero attached hydrogens (tertiary/aromatic N) is 1. The Kier molecular flexibility index (Phi) is 3.33. The van der Waals surface area contributed by atoms with Gasteiger partial charge < -0.3 is 4.74 Å². The van der Waals surface area contributed by atoms with Crippen LogP contribution in [0.4, 0.5) is 0 Å². The van der Waals surface area contributed by atoms with Crippen molar-refractivity contribution < 1.29 is 9.53 Å². The summed E-state index contributed by atoms with van der Waals surface area (Å²) in [5, 5.41) is 0. The van der Waals surface area contributed by atoms with Crippen LogP contribution in [0.25, 0.3) is 0 Å². The molecule has 0 aromatic heterocycles. The number of aliphatic imine (C=N–C) groups is 1. The van der Waals surface area contributed by atoms with E-state index in [1.165, 1.54) is 0 Å². The van der Waals surface area contributed by atoms with E-state index in [2.05, 4.69) is 4.99 Å². The van der Waals surface area contributed by atoms with E-state index in [1.54, 1.807) is 6.92 Å². The van der Waals surface area contributed by atoms with Crippen molar-refractivity contribution in [3.05, 3.63) is 65.2 Å². The van der Waals surface area contributed by atoms with Gasteiger partial charge in [0, 0.05) is 12.5 Å². The lowest BCUT2D eigenvalue weighted by Crippen LogP contribution is -2.09. The van der Waals surface area contributed by atoms with Crippen LogP contribution >= 0.6 is 0 Å². The Balaban J connectivity index is 1.78. The number of hydrogen-bond acceptors (Lipinski definition) is 3. The summed E-state index contributed by atoms with van der Waals surface area (Å²) in [6, 6.07) is 15.8. The highest BCUT2D eigenvalue weighted by Crippen LogP contribution is 2.25. The average molecular weight is 265 g/mol. The number of fused-ring (bicyclic) bond motifs is 1. The number of rotatable bonds is 4. The van der Waals surface area contributed by atoms with Gasteiger partial charge >= 0.3 is 0 Å². The lowest BCUT2D eigenvalue weighted by atomic mass is 10.0. The van der Waals surface area contributed by atoms with E-state index in [0.717, 1.165) is 22.4 Å². The predicted molar refractivity (Wildman–Crippen MR) is 78.1 cm³/mol. The molecule has 2 aromatic rings.